The topological polar surface area (TPSA) is 62.0 Å². The fraction of sp³-hybridized carbons (Fsp3) is 0.158. The second-order valence-corrected chi connectivity index (χ2v) is 6.88. The van der Waals surface area contributed by atoms with Crippen LogP contribution in [0.25, 0.3) is 10.9 Å². The lowest BCUT2D eigenvalue weighted by Crippen LogP contribution is -2.12. The number of amides is 1. The number of carbonyl (C=O) groups excluding carboxylic acids is 1. The minimum absolute atomic E-state index is 0.136. The highest BCUT2D eigenvalue weighted by atomic mass is 79.9. The average Bonchev–Trinajstić information content (AvgIpc) is 2.54. The summed E-state index contributed by atoms with van der Waals surface area (Å²) in [6.07, 6.45) is 0. The Morgan fingerprint density at radius 1 is 1.08 bits per heavy atom. The summed E-state index contributed by atoms with van der Waals surface area (Å²) in [5.41, 5.74) is 2.80. The third kappa shape index (κ3) is 3.41. The van der Waals surface area contributed by atoms with Crippen LogP contribution in [0.5, 0.6) is 0 Å². The van der Waals surface area contributed by atoms with E-state index < -0.39 is 0 Å². The summed E-state index contributed by atoms with van der Waals surface area (Å²) < 4.78 is 0.920. The van der Waals surface area contributed by atoms with Crippen molar-refractivity contribution in [1.29, 1.82) is 0 Å². The molecule has 5 heteroatoms. The van der Waals surface area contributed by atoms with Gasteiger partial charge >= 0.3 is 0 Å². The van der Waals surface area contributed by atoms with Crippen molar-refractivity contribution in [3.8, 4) is 0 Å². The number of rotatable bonds is 3. The molecule has 24 heavy (non-hydrogen) atoms. The number of hydrogen-bond donors (Lipinski definition) is 2. The molecule has 3 aromatic rings. The fourth-order valence-corrected chi connectivity index (χ4v) is 2.91. The lowest BCUT2D eigenvalue weighted by atomic mass is 9.99. The number of aromatic amines is 1. The first-order valence-corrected chi connectivity index (χ1v) is 8.47. The third-order valence-corrected chi connectivity index (χ3v) is 4.39. The second-order valence-electron chi connectivity index (χ2n) is 5.97. The number of hydrogen-bond acceptors (Lipinski definition) is 2. The Morgan fingerprint density at radius 3 is 2.46 bits per heavy atom. The van der Waals surface area contributed by atoms with E-state index in [9.17, 15) is 9.59 Å². The lowest BCUT2D eigenvalue weighted by Gasteiger charge is -2.11. The van der Waals surface area contributed by atoms with Gasteiger partial charge in [0.2, 0.25) is 5.56 Å². The van der Waals surface area contributed by atoms with Crippen LogP contribution in [0.4, 0.5) is 5.69 Å². The van der Waals surface area contributed by atoms with Gasteiger partial charge in [-0.1, -0.05) is 35.8 Å². The predicted octanol–water partition coefficient (Wildman–Crippen LogP) is 4.67. The summed E-state index contributed by atoms with van der Waals surface area (Å²) in [5, 5.41) is 3.85. The molecule has 0 aliphatic heterocycles. The maximum atomic E-state index is 12.3. The van der Waals surface area contributed by atoms with Crippen LogP contribution in [0.2, 0.25) is 0 Å². The quantitative estimate of drug-likeness (QED) is 0.689. The first-order chi connectivity index (χ1) is 11.4. The van der Waals surface area contributed by atoms with Gasteiger partial charge in [-0.15, -0.1) is 0 Å². The van der Waals surface area contributed by atoms with Gasteiger partial charge in [0.05, 0.1) is 5.52 Å². The summed E-state index contributed by atoms with van der Waals surface area (Å²) in [4.78, 5) is 27.0. The zero-order valence-electron chi connectivity index (χ0n) is 13.4. The normalized spacial score (nSPS) is 11.0. The Kier molecular flexibility index (Phi) is 4.53. The number of anilines is 1. The summed E-state index contributed by atoms with van der Waals surface area (Å²) in [7, 11) is 0. The van der Waals surface area contributed by atoms with Crippen molar-refractivity contribution in [2.75, 3.05) is 5.32 Å². The second kappa shape index (κ2) is 6.61. The van der Waals surface area contributed by atoms with Gasteiger partial charge in [-0.2, -0.15) is 0 Å². The molecule has 0 aliphatic rings. The average molecular weight is 385 g/mol. The number of fused-ring (bicyclic) bond motifs is 1. The van der Waals surface area contributed by atoms with Crippen molar-refractivity contribution in [1.82, 2.24) is 4.98 Å². The molecule has 2 N–H and O–H groups in total. The summed E-state index contributed by atoms with van der Waals surface area (Å²) in [6, 6.07) is 14.3. The molecular weight excluding hydrogens is 368 g/mol. The number of benzene rings is 2. The molecule has 0 atom stereocenters. The molecule has 0 fully saturated rings. The number of halogens is 1. The maximum Gasteiger partial charge on any atom is 0.255 e. The first kappa shape index (κ1) is 16.5. The van der Waals surface area contributed by atoms with Crippen LogP contribution in [-0.4, -0.2) is 10.9 Å². The summed E-state index contributed by atoms with van der Waals surface area (Å²) >= 11 is 3.35. The van der Waals surface area contributed by atoms with Gasteiger partial charge in [0.25, 0.3) is 5.91 Å². The molecule has 4 nitrogen and oxygen atoms in total. The van der Waals surface area contributed by atoms with Gasteiger partial charge in [0.1, 0.15) is 0 Å². The van der Waals surface area contributed by atoms with Gasteiger partial charge < -0.3 is 10.3 Å². The molecule has 1 amide bonds. The van der Waals surface area contributed by atoms with Crippen molar-refractivity contribution in [3.63, 3.8) is 0 Å². The molecule has 0 saturated carbocycles. The maximum absolute atomic E-state index is 12.3. The van der Waals surface area contributed by atoms with E-state index in [2.05, 4.69) is 40.1 Å². The molecule has 122 valence electrons. The number of pyridine rings is 1. The Labute approximate surface area is 148 Å². The van der Waals surface area contributed by atoms with Crippen LogP contribution >= 0.6 is 15.9 Å². The highest BCUT2D eigenvalue weighted by molar-refractivity contribution is 9.10. The molecule has 3 rings (SSSR count). The van der Waals surface area contributed by atoms with Gasteiger partial charge in [-0.3, -0.25) is 9.59 Å². The molecule has 2 aromatic carbocycles. The molecular formula is C19H17BrN2O2. The van der Waals surface area contributed by atoms with E-state index in [0.717, 1.165) is 20.9 Å². The molecule has 0 unspecified atom stereocenters. The molecule has 0 bridgehead atoms. The van der Waals surface area contributed by atoms with Crippen molar-refractivity contribution in [3.05, 3.63) is 74.5 Å². The van der Waals surface area contributed by atoms with Crippen molar-refractivity contribution in [2.45, 2.75) is 19.8 Å². The number of carbonyl (C=O) groups is 1. The molecule has 1 aromatic heterocycles. The molecule has 0 spiro atoms. The zero-order chi connectivity index (χ0) is 17.3. The van der Waals surface area contributed by atoms with Gasteiger partial charge in [-0.25, -0.2) is 0 Å². The predicted molar refractivity (Wildman–Crippen MR) is 101 cm³/mol. The fourth-order valence-electron chi connectivity index (χ4n) is 2.65. The van der Waals surface area contributed by atoms with E-state index in [-0.39, 0.29) is 17.4 Å². The van der Waals surface area contributed by atoms with Crippen LogP contribution < -0.4 is 10.9 Å². The smallest absolute Gasteiger partial charge is 0.255 e. The Bertz CT molecular complexity index is 959. The standard InChI is InChI=1S/C19H17BrN2O2/c1-11(2)16-10-18(23)22-17-9-14(7-8-15(16)17)21-19(24)12-3-5-13(20)6-4-12/h3-11H,1-2H3,(H,21,24)(H,22,23). The zero-order valence-corrected chi connectivity index (χ0v) is 15.0. The molecule has 0 aliphatic carbocycles. The van der Waals surface area contributed by atoms with E-state index >= 15 is 0 Å². The highest BCUT2D eigenvalue weighted by Crippen LogP contribution is 2.25. The van der Waals surface area contributed by atoms with Crippen LogP contribution in [0.1, 0.15) is 35.7 Å². The van der Waals surface area contributed by atoms with Gasteiger partial charge in [-0.05, 0) is 47.9 Å². The van der Waals surface area contributed by atoms with Crippen LogP contribution in [0, 0.1) is 0 Å². The van der Waals surface area contributed by atoms with E-state index in [1.807, 2.05) is 24.3 Å². The Hall–Kier alpha value is -2.40. The van der Waals surface area contributed by atoms with Gasteiger partial charge in [0, 0.05) is 27.2 Å². The number of H-pyrrole nitrogens is 1. The van der Waals surface area contributed by atoms with E-state index in [4.69, 9.17) is 0 Å². The van der Waals surface area contributed by atoms with Gasteiger partial charge in [0.15, 0.2) is 0 Å². The number of nitrogens with one attached hydrogen (secondary N) is 2. The Balaban J connectivity index is 1.95. The van der Waals surface area contributed by atoms with Crippen LogP contribution in [0.3, 0.4) is 0 Å². The largest absolute Gasteiger partial charge is 0.322 e. The van der Waals surface area contributed by atoms with Crippen molar-refractivity contribution in [2.24, 2.45) is 0 Å². The van der Waals surface area contributed by atoms with Crippen LogP contribution in [-0.2, 0) is 0 Å². The summed E-state index contributed by atoms with van der Waals surface area (Å²) in [5.74, 6) is 0.0576. The number of aromatic nitrogens is 1. The van der Waals surface area contributed by atoms with Crippen molar-refractivity contribution < 1.29 is 4.79 Å². The molecule has 0 saturated heterocycles. The van der Waals surface area contributed by atoms with E-state index in [0.29, 0.717) is 11.3 Å². The minimum atomic E-state index is -0.191. The van der Waals surface area contributed by atoms with Crippen LogP contribution in [0.15, 0.2) is 57.8 Å². The lowest BCUT2D eigenvalue weighted by molar-refractivity contribution is 0.102. The highest BCUT2D eigenvalue weighted by Gasteiger charge is 2.10. The van der Waals surface area contributed by atoms with Crippen molar-refractivity contribution >= 4 is 38.4 Å². The third-order valence-electron chi connectivity index (χ3n) is 3.86. The minimum Gasteiger partial charge on any atom is -0.322 e. The Morgan fingerprint density at radius 2 is 1.79 bits per heavy atom. The first-order valence-electron chi connectivity index (χ1n) is 7.68. The molecule has 0 radical (unpaired) electrons. The summed E-state index contributed by atoms with van der Waals surface area (Å²) in [6.45, 7) is 4.11. The monoisotopic (exact) mass is 384 g/mol. The SMILES string of the molecule is CC(C)c1cc(=O)[nH]c2cc(NC(=O)c3ccc(Br)cc3)ccc12. The van der Waals surface area contributed by atoms with E-state index in [1.165, 1.54) is 0 Å². The molecule has 1 heterocycles. The van der Waals surface area contributed by atoms with E-state index in [1.54, 1.807) is 24.3 Å².